The van der Waals surface area contributed by atoms with Gasteiger partial charge in [-0.2, -0.15) is 10.5 Å². The molecule has 0 bridgehead atoms. The molecule has 0 saturated heterocycles. The van der Waals surface area contributed by atoms with Gasteiger partial charge in [-0.3, -0.25) is 4.79 Å². The second-order valence-electron chi connectivity index (χ2n) is 4.25. The van der Waals surface area contributed by atoms with Gasteiger partial charge in [-0.25, -0.2) is 0 Å². The number of nitrogens with zero attached hydrogens (tertiary/aromatic N) is 2. The molecule has 2 aromatic rings. The molecule has 0 spiro atoms. The van der Waals surface area contributed by atoms with Gasteiger partial charge in [-0.15, -0.1) is 0 Å². The fourth-order valence-electron chi connectivity index (χ4n) is 1.77. The molecule has 0 aromatic heterocycles. The number of carbonyl (C=O) groups is 1. The lowest BCUT2D eigenvalue weighted by Crippen LogP contribution is -2.22. The predicted octanol–water partition coefficient (Wildman–Crippen LogP) is 2.48. The Kier molecular flexibility index (Phi) is 4.53. The van der Waals surface area contributed by atoms with Crippen LogP contribution < -0.4 is 10.6 Å². The van der Waals surface area contributed by atoms with Gasteiger partial charge in [0, 0.05) is 5.69 Å². The van der Waals surface area contributed by atoms with E-state index in [1.807, 2.05) is 12.1 Å². The van der Waals surface area contributed by atoms with E-state index in [9.17, 15) is 4.79 Å². The van der Waals surface area contributed by atoms with Crippen molar-refractivity contribution in [3.05, 3.63) is 59.7 Å². The van der Waals surface area contributed by atoms with Gasteiger partial charge in [-0.1, -0.05) is 18.2 Å². The van der Waals surface area contributed by atoms with Gasteiger partial charge in [0.25, 0.3) is 0 Å². The van der Waals surface area contributed by atoms with E-state index in [-0.39, 0.29) is 12.5 Å². The summed E-state index contributed by atoms with van der Waals surface area (Å²) in [5.41, 5.74) is 2.11. The van der Waals surface area contributed by atoms with E-state index in [4.69, 9.17) is 10.5 Å². The number of hydrogen-bond donors (Lipinski definition) is 2. The van der Waals surface area contributed by atoms with Crippen molar-refractivity contribution in [2.24, 2.45) is 0 Å². The van der Waals surface area contributed by atoms with E-state index < -0.39 is 0 Å². The molecule has 0 aliphatic carbocycles. The molecule has 0 atom stereocenters. The topological polar surface area (TPSA) is 88.7 Å². The highest BCUT2D eigenvalue weighted by Crippen LogP contribution is 2.13. The summed E-state index contributed by atoms with van der Waals surface area (Å²) in [5.74, 6) is -0.264. The predicted molar refractivity (Wildman–Crippen MR) is 79.4 cm³/mol. The minimum absolute atomic E-state index is 0.0502. The quantitative estimate of drug-likeness (QED) is 0.897. The molecule has 0 aliphatic heterocycles. The average Bonchev–Trinajstić information content (AvgIpc) is 2.53. The minimum Gasteiger partial charge on any atom is -0.376 e. The van der Waals surface area contributed by atoms with Crippen molar-refractivity contribution in [3.63, 3.8) is 0 Å². The molecule has 0 radical (unpaired) electrons. The van der Waals surface area contributed by atoms with Crippen LogP contribution in [0.5, 0.6) is 0 Å². The van der Waals surface area contributed by atoms with Crippen LogP contribution in [0, 0.1) is 22.7 Å². The highest BCUT2D eigenvalue weighted by molar-refractivity contribution is 5.94. The number of para-hydroxylation sites is 1. The lowest BCUT2D eigenvalue weighted by Gasteiger charge is -2.09. The van der Waals surface area contributed by atoms with Crippen LogP contribution in [0.4, 0.5) is 11.4 Å². The second-order valence-corrected chi connectivity index (χ2v) is 4.25. The largest absolute Gasteiger partial charge is 0.376 e. The van der Waals surface area contributed by atoms with Crippen LogP contribution in [0.15, 0.2) is 48.5 Å². The molecule has 2 N–H and O–H groups in total. The number of nitrogens with one attached hydrogen (secondary N) is 2. The zero-order chi connectivity index (χ0) is 15.1. The molecular weight excluding hydrogens is 264 g/mol. The fourth-order valence-corrected chi connectivity index (χ4v) is 1.77. The van der Waals surface area contributed by atoms with Crippen molar-refractivity contribution in [3.8, 4) is 12.1 Å². The molecule has 2 rings (SSSR count). The van der Waals surface area contributed by atoms with Crippen LogP contribution in [-0.2, 0) is 4.79 Å². The van der Waals surface area contributed by atoms with Crippen LogP contribution in [0.1, 0.15) is 11.1 Å². The Morgan fingerprint density at radius 1 is 1.05 bits per heavy atom. The summed E-state index contributed by atoms with van der Waals surface area (Å²) >= 11 is 0. The van der Waals surface area contributed by atoms with Gasteiger partial charge in [0.1, 0.15) is 6.07 Å². The number of benzene rings is 2. The van der Waals surface area contributed by atoms with Gasteiger partial charge in [0.2, 0.25) is 5.91 Å². The van der Waals surface area contributed by atoms with E-state index in [2.05, 4.69) is 10.6 Å². The fraction of sp³-hybridized carbons (Fsp3) is 0.0625. The van der Waals surface area contributed by atoms with Gasteiger partial charge >= 0.3 is 0 Å². The van der Waals surface area contributed by atoms with Gasteiger partial charge in [-0.05, 0) is 30.3 Å². The van der Waals surface area contributed by atoms with Crippen LogP contribution in [-0.4, -0.2) is 12.5 Å². The van der Waals surface area contributed by atoms with E-state index in [1.165, 1.54) is 0 Å². The molecule has 2 aromatic carbocycles. The Labute approximate surface area is 122 Å². The Hall–Kier alpha value is -3.31. The SMILES string of the molecule is N#Cc1cccc(NCC(=O)Nc2ccccc2C#N)c1. The number of nitriles is 2. The van der Waals surface area contributed by atoms with Crippen molar-refractivity contribution in [2.45, 2.75) is 0 Å². The summed E-state index contributed by atoms with van der Waals surface area (Å²) in [6.45, 7) is 0.0502. The van der Waals surface area contributed by atoms with E-state index >= 15 is 0 Å². The highest BCUT2D eigenvalue weighted by Gasteiger charge is 2.06. The first-order valence-corrected chi connectivity index (χ1v) is 6.26. The zero-order valence-corrected chi connectivity index (χ0v) is 11.1. The molecule has 5 nitrogen and oxygen atoms in total. The molecule has 102 valence electrons. The summed E-state index contributed by atoms with van der Waals surface area (Å²) in [6, 6.07) is 17.7. The van der Waals surface area contributed by atoms with Crippen LogP contribution in [0.2, 0.25) is 0 Å². The maximum absolute atomic E-state index is 11.9. The van der Waals surface area contributed by atoms with Crippen molar-refractivity contribution >= 4 is 17.3 Å². The van der Waals surface area contributed by atoms with Gasteiger partial charge < -0.3 is 10.6 Å². The summed E-state index contributed by atoms with van der Waals surface area (Å²) < 4.78 is 0. The third-order valence-corrected chi connectivity index (χ3v) is 2.77. The second kappa shape index (κ2) is 6.74. The molecule has 0 aliphatic rings. The normalized spacial score (nSPS) is 9.24. The molecular formula is C16H12N4O. The summed E-state index contributed by atoms with van der Waals surface area (Å²) in [4.78, 5) is 11.9. The monoisotopic (exact) mass is 276 g/mol. The van der Waals surface area contributed by atoms with Crippen LogP contribution in [0.25, 0.3) is 0 Å². The Balaban J connectivity index is 1.96. The lowest BCUT2D eigenvalue weighted by molar-refractivity contribution is -0.114. The lowest BCUT2D eigenvalue weighted by atomic mass is 10.2. The zero-order valence-electron chi connectivity index (χ0n) is 11.1. The highest BCUT2D eigenvalue weighted by atomic mass is 16.1. The number of hydrogen-bond acceptors (Lipinski definition) is 4. The van der Waals surface area contributed by atoms with Crippen LogP contribution in [0.3, 0.4) is 0 Å². The summed E-state index contributed by atoms with van der Waals surface area (Å²) in [5, 5.41) is 23.4. The number of rotatable bonds is 4. The van der Waals surface area contributed by atoms with Crippen molar-refractivity contribution in [1.82, 2.24) is 0 Å². The van der Waals surface area contributed by atoms with E-state index in [0.717, 1.165) is 0 Å². The number of carbonyl (C=O) groups excluding carboxylic acids is 1. The average molecular weight is 276 g/mol. The van der Waals surface area contributed by atoms with Crippen LogP contribution >= 0.6 is 0 Å². The maximum Gasteiger partial charge on any atom is 0.243 e. The van der Waals surface area contributed by atoms with E-state index in [0.29, 0.717) is 22.5 Å². The third-order valence-electron chi connectivity index (χ3n) is 2.77. The number of anilines is 2. The molecule has 5 heteroatoms. The standard InChI is InChI=1S/C16H12N4O/c17-9-12-4-3-6-14(8-12)19-11-16(21)20-15-7-2-1-5-13(15)10-18/h1-8,19H,11H2,(H,20,21). The Bertz CT molecular complexity index is 740. The first-order chi connectivity index (χ1) is 10.2. The first-order valence-electron chi connectivity index (χ1n) is 6.26. The molecule has 0 saturated carbocycles. The van der Waals surface area contributed by atoms with Crippen molar-refractivity contribution < 1.29 is 4.79 Å². The molecule has 0 heterocycles. The third kappa shape index (κ3) is 3.82. The smallest absolute Gasteiger partial charge is 0.243 e. The maximum atomic E-state index is 11.9. The van der Waals surface area contributed by atoms with Gasteiger partial charge in [0.15, 0.2) is 0 Å². The Morgan fingerprint density at radius 2 is 1.86 bits per heavy atom. The van der Waals surface area contributed by atoms with Crippen molar-refractivity contribution in [1.29, 1.82) is 10.5 Å². The molecule has 21 heavy (non-hydrogen) atoms. The summed E-state index contributed by atoms with van der Waals surface area (Å²) in [6.07, 6.45) is 0. The molecule has 0 fully saturated rings. The Morgan fingerprint density at radius 3 is 2.62 bits per heavy atom. The molecule has 1 amide bonds. The van der Waals surface area contributed by atoms with Gasteiger partial charge in [0.05, 0.1) is 29.4 Å². The van der Waals surface area contributed by atoms with Crippen molar-refractivity contribution in [2.75, 3.05) is 17.2 Å². The van der Waals surface area contributed by atoms with E-state index in [1.54, 1.807) is 48.5 Å². The minimum atomic E-state index is -0.264. The first kappa shape index (κ1) is 14.1. The molecule has 0 unspecified atom stereocenters. The number of amides is 1. The summed E-state index contributed by atoms with van der Waals surface area (Å²) in [7, 11) is 0.